The van der Waals surface area contributed by atoms with Gasteiger partial charge in [-0.25, -0.2) is 8.42 Å². The summed E-state index contributed by atoms with van der Waals surface area (Å²) in [7, 11) is -3.60. The van der Waals surface area contributed by atoms with Gasteiger partial charge in [0.2, 0.25) is 10.0 Å². The van der Waals surface area contributed by atoms with E-state index in [1.807, 2.05) is 18.2 Å². The summed E-state index contributed by atoms with van der Waals surface area (Å²) in [5, 5.41) is 3.37. The Hall–Kier alpha value is -1.93. The average molecular weight is 421 g/mol. The van der Waals surface area contributed by atoms with Crippen molar-refractivity contribution in [3.8, 4) is 0 Å². The van der Waals surface area contributed by atoms with Crippen molar-refractivity contribution in [2.45, 2.75) is 36.8 Å². The first-order chi connectivity index (χ1) is 13.4. The Morgan fingerprint density at radius 2 is 1.93 bits per heavy atom. The topological polar surface area (TPSA) is 75.7 Å². The molecule has 4 rings (SSSR count). The van der Waals surface area contributed by atoms with Crippen molar-refractivity contribution in [3.63, 3.8) is 0 Å². The van der Waals surface area contributed by atoms with E-state index in [0.29, 0.717) is 30.3 Å². The number of nitrogens with one attached hydrogen (secondary N) is 1. The van der Waals surface area contributed by atoms with Gasteiger partial charge in [-0.15, -0.1) is 0 Å². The second-order valence-corrected chi connectivity index (χ2v) is 9.39. The van der Waals surface area contributed by atoms with Crippen LogP contribution in [0.4, 0.5) is 5.69 Å². The van der Waals surface area contributed by atoms with Crippen LogP contribution >= 0.6 is 11.6 Å². The van der Waals surface area contributed by atoms with Crippen LogP contribution in [0.3, 0.4) is 0 Å². The number of benzene rings is 2. The molecule has 8 heteroatoms. The summed E-state index contributed by atoms with van der Waals surface area (Å²) in [6.07, 6.45) is 1.84. The van der Waals surface area contributed by atoms with Crippen molar-refractivity contribution in [2.75, 3.05) is 18.5 Å². The number of sulfonamides is 1. The number of fused-ring (bicyclic) bond motifs is 1. The van der Waals surface area contributed by atoms with Crippen molar-refractivity contribution in [3.05, 3.63) is 58.6 Å². The van der Waals surface area contributed by atoms with Gasteiger partial charge in [0.1, 0.15) is 6.10 Å². The Morgan fingerprint density at radius 1 is 1.14 bits per heavy atom. The SMILES string of the molecule is O=C(Nc1ccc2c(c1)CN(S(=O)(=O)c1ccc(Cl)cc1)CC2)[C@@H]1CCCO1. The van der Waals surface area contributed by atoms with Gasteiger partial charge >= 0.3 is 0 Å². The molecule has 0 bridgehead atoms. The summed E-state index contributed by atoms with van der Waals surface area (Å²) in [6.45, 7) is 1.29. The number of amides is 1. The molecule has 1 saturated heterocycles. The lowest BCUT2D eigenvalue weighted by Gasteiger charge is -2.28. The third-order valence-electron chi connectivity index (χ3n) is 5.12. The van der Waals surface area contributed by atoms with E-state index in [1.54, 1.807) is 12.1 Å². The highest BCUT2D eigenvalue weighted by atomic mass is 35.5. The quantitative estimate of drug-likeness (QED) is 0.824. The molecule has 0 unspecified atom stereocenters. The number of nitrogens with zero attached hydrogens (tertiary/aromatic N) is 1. The molecule has 6 nitrogen and oxygen atoms in total. The van der Waals surface area contributed by atoms with Crippen LogP contribution in [0.25, 0.3) is 0 Å². The van der Waals surface area contributed by atoms with Gasteiger partial charge in [-0.05, 0) is 66.8 Å². The molecule has 28 heavy (non-hydrogen) atoms. The second-order valence-electron chi connectivity index (χ2n) is 7.02. The van der Waals surface area contributed by atoms with Crippen LogP contribution < -0.4 is 5.32 Å². The molecule has 0 spiro atoms. The van der Waals surface area contributed by atoms with Gasteiger partial charge in [-0.1, -0.05) is 17.7 Å². The van der Waals surface area contributed by atoms with Crippen molar-refractivity contribution >= 4 is 33.2 Å². The summed E-state index contributed by atoms with van der Waals surface area (Å²) < 4.78 is 32.8. The number of carbonyl (C=O) groups is 1. The lowest BCUT2D eigenvalue weighted by atomic mass is 10.0. The van der Waals surface area contributed by atoms with E-state index >= 15 is 0 Å². The molecule has 2 aliphatic rings. The Kier molecular flexibility index (Phi) is 5.42. The van der Waals surface area contributed by atoms with Crippen LogP contribution in [-0.4, -0.2) is 37.9 Å². The number of ether oxygens (including phenoxy) is 1. The minimum absolute atomic E-state index is 0.154. The van der Waals surface area contributed by atoms with Gasteiger partial charge in [0.05, 0.1) is 4.90 Å². The summed E-state index contributed by atoms with van der Waals surface area (Å²) in [5.74, 6) is -0.154. The van der Waals surface area contributed by atoms with E-state index in [4.69, 9.17) is 16.3 Å². The molecule has 2 aliphatic heterocycles. The number of halogens is 1. The molecule has 1 fully saturated rings. The van der Waals surface area contributed by atoms with Crippen molar-refractivity contribution in [1.29, 1.82) is 0 Å². The predicted molar refractivity (Wildman–Crippen MR) is 107 cm³/mol. The highest BCUT2D eigenvalue weighted by Gasteiger charge is 2.29. The molecule has 0 saturated carbocycles. The highest BCUT2D eigenvalue weighted by molar-refractivity contribution is 7.89. The highest BCUT2D eigenvalue weighted by Crippen LogP contribution is 2.28. The minimum atomic E-state index is -3.60. The number of rotatable bonds is 4. The summed E-state index contributed by atoms with van der Waals surface area (Å²) in [5.41, 5.74) is 2.65. The summed E-state index contributed by atoms with van der Waals surface area (Å²) >= 11 is 5.87. The summed E-state index contributed by atoms with van der Waals surface area (Å²) in [6, 6.07) is 11.8. The molecule has 1 atom stereocenters. The maximum absolute atomic E-state index is 12.9. The molecular formula is C20H21ClN2O4S. The molecule has 0 aliphatic carbocycles. The molecule has 0 radical (unpaired) electrons. The van der Waals surface area contributed by atoms with Gasteiger partial charge in [0.25, 0.3) is 5.91 Å². The molecule has 2 aromatic rings. The van der Waals surface area contributed by atoms with Crippen LogP contribution in [0.15, 0.2) is 47.4 Å². The van der Waals surface area contributed by atoms with E-state index in [-0.39, 0.29) is 17.3 Å². The fourth-order valence-corrected chi connectivity index (χ4v) is 5.12. The van der Waals surface area contributed by atoms with Crippen LogP contribution in [-0.2, 0) is 32.5 Å². The number of anilines is 1. The molecule has 2 aromatic carbocycles. The normalized spacial score (nSPS) is 20.0. The molecule has 2 heterocycles. The van der Waals surface area contributed by atoms with E-state index in [2.05, 4.69) is 5.32 Å². The van der Waals surface area contributed by atoms with E-state index in [0.717, 1.165) is 24.0 Å². The first-order valence-corrected chi connectivity index (χ1v) is 11.1. The van der Waals surface area contributed by atoms with Crippen LogP contribution in [0.2, 0.25) is 5.02 Å². The first kappa shape index (κ1) is 19.4. The zero-order valence-electron chi connectivity index (χ0n) is 15.2. The minimum Gasteiger partial charge on any atom is -0.368 e. The van der Waals surface area contributed by atoms with Crippen LogP contribution in [0.5, 0.6) is 0 Å². The number of hydrogen-bond acceptors (Lipinski definition) is 4. The number of carbonyl (C=O) groups excluding carboxylic acids is 1. The maximum Gasteiger partial charge on any atom is 0.253 e. The van der Waals surface area contributed by atoms with Gasteiger partial charge in [-0.3, -0.25) is 4.79 Å². The fourth-order valence-electron chi connectivity index (χ4n) is 3.58. The Bertz CT molecular complexity index is 986. The van der Waals surface area contributed by atoms with Crippen LogP contribution in [0, 0.1) is 0 Å². The van der Waals surface area contributed by atoms with Crippen molar-refractivity contribution < 1.29 is 17.9 Å². The lowest BCUT2D eigenvalue weighted by molar-refractivity contribution is -0.124. The van der Waals surface area contributed by atoms with Gasteiger partial charge in [-0.2, -0.15) is 4.31 Å². The lowest BCUT2D eigenvalue weighted by Crippen LogP contribution is -2.36. The smallest absolute Gasteiger partial charge is 0.253 e. The first-order valence-electron chi connectivity index (χ1n) is 9.23. The third-order valence-corrected chi connectivity index (χ3v) is 7.24. The monoisotopic (exact) mass is 420 g/mol. The molecule has 1 amide bonds. The number of hydrogen-bond donors (Lipinski definition) is 1. The van der Waals surface area contributed by atoms with E-state index in [1.165, 1.54) is 16.4 Å². The van der Waals surface area contributed by atoms with Gasteiger partial charge < -0.3 is 10.1 Å². The molecule has 148 valence electrons. The maximum atomic E-state index is 12.9. The van der Waals surface area contributed by atoms with Gasteiger partial charge in [0, 0.05) is 30.4 Å². The fraction of sp³-hybridized carbons (Fsp3) is 0.350. The van der Waals surface area contributed by atoms with E-state index in [9.17, 15) is 13.2 Å². The standard InChI is InChI=1S/C20H21ClN2O4S/c21-16-4-7-18(8-5-16)28(25,26)23-10-9-14-3-6-17(12-15(14)13-23)22-20(24)19-2-1-11-27-19/h3-8,12,19H,1-2,9-11,13H2,(H,22,24)/t19-/m0/s1. The zero-order valence-corrected chi connectivity index (χ0v) is 16.8. The predicted octanol–water partition coefficient (Wildman–Crippen LogP) is 3.20. The third kappa shape index (κ3) is 3.93. The van der Waals surface area contributed by atoms with Gasteiger partial charge in [0.15, 0.2) is 0 Å². The Labute approximate surface area is 169 Å². The molecular weight excluding hydrogens is 400 g/mol. The molecule has 0 aromatic heterocycles. The van der Waals surface area contributed by atoms with Crippen molar-refractivity contribution in [1.82, 2.24) is 4.31 Å². The Balaban J connectivity index is 1.52. The zero-order chi connectivity index (χ0) is 19.7. The largest absolute Gasteiger partial charge is 0.368 e. The second kappa shape index (κ2) is 7.83. The van der Waals surface area contributed by atoms with E-state index < -0.39 is 16.1 Å². The Morgan fingerprint density at radius 3 is 2.64 bits per heavy atom. The summed E-state index contributed by atoms with van der Waals surface area (Å²) in [4.78, 5) is 12.5. The van der Waals surface area contributed by atoms with Crippen LogP contribution in [0.1, 0.15) is 24.0 Å². The average Bonchev–Trinajstić information content (AvgIpc) is 3.23. The molecule has 1 N–H and O–H groups in total. The van der Waals surface area contributed by atoms with Crippen molar-refractivity contribution in [2.24, 2.45) is 0 Å².